The van der Waals surface area contributed by atoms with Crippen LogP contribution in [-0.4, -0.2) is 32.9 Å². The molecule has 4 nitrogen and oxygen atoms in total. The van der Waals surface area contributed by atoms with Crippen LogP contribution in [0.5, 0.6) is 0 Å². The summed E-state index contributed by atoms with van der Waals surface area (Å²) in [7, 11) is -2.73. The predicted molar refractivity (Wildman–Crippen MR) is 135 cm³/mol. The molecule has 8 heteroatoms. The molecule has 4 rings (SSSR count). The summed E-state index contributed by atoms with van der Waals surface area (Å²) in [6.45, 7) is 1.00. The molecule has 0 spiro atoms. The van der Waals surface area contributed by atoms with Crippen LogP contribution in [0.1, 0.15) is 29.5 Å². The number of carbonyl (C=O) groups excluding carboxylic acids is 1. The van der Waals surface area contributed by atoms with Crippen molar-refractivity contribution in [2.75, 3.05) is 6.54 Å². The molecule has 1 aliphatic heterocycles. The summed E-state index contributed by atoms with van der Waals surface area (Å²) in [5.41, 5.74) is 3.40. The number of nitrogens with one attached hydrogen (secondary N) is 1. The van der Waals surface area contributed by atoms with E-state index in [1.165, 1.54) is 22.5 Å². The summed E-state index contributed by atoms with van der Waals surface area (Å²) in [6, 6.07) is 19.0. The standard InChI is InChI=1S/C24H24Cl2N2O2S2/c1-32(30,23-13-12-22(26)31-23)28-14-2-3-21(28)24(29)27-16-19-6-4-17(5-7-19)15-18-8-10-20(25)11-9-18/h4-13,21H,1-3,14-16H2,(H,27,29). The molecule has 168 valence electrons. The lowest BCUT2D eigenvalue weighted by atomic mass is 10.0. The van der Waals surface area contributed by atoms with Crippen LogP contribution in [0, 0.1) is 0 Å². The average molecular weight is 508 g/mol. The minimum Gasteiger partial charge on any atom is -0.351 e. The van der Waals surface area contributed by atoms with Crippen molar-refractivity contribution < 1.29 is 9.00 Å². The molecule has 1 aromatic heterocycles. The van der Waals surface area contributed by atoms with E-state index in [0.717, 1.165) is 23.4 Å². The normalized spacial score (nSPS) is 18.4. The van der Waals surface area contributed by atoms with Gasteiger partial charge in [-0.25, -0.2) is 8.51 Å². The second-order valence-electron chi connectivity index (χ2n) is 7.84. The van der Waals surface area contributed by atoms with Crippen molar-refractivity contribution in [1.82, 2.24) is 9.62 Å². The van der Waals surface area contributed by atoms with Crippen LogP contribution < -0.4 is 5.32 Å². The highest BCUT2D eigenvalue weighted by molar-refractivity contribution is 8.00. The fraction of sp³-hybridized carbons (Fsp3) is 0.250. The van der Waals surface area contributed by atoms with Crippen molar-refractivity contribution in [3.05, 3.63) is 86.7 Å². The maximum Gasteiger partial charge on any atom is 0.238 e. The summed E-state index contributed by atoms with van der Waals surface area (Å²) in [5, 5.41) is 3.73. The molecule has 1 aliphatic rings. The lowest BCUT2D eigenvalue weighted by molar-refractivity contribution is -0.124. The molecule has 32 heavy (non-hydrogen) atoms. The monoisotopic (exact) mass is 506 g/mol. The maximum atomic E-state index is 13.4. The molecule has 1 fully saturated rings. The van der Waals surface area contributed by atoms with Gasteiger partial charge >= 0.3 is 0 Å². The van der Waals surface area contributed by atoms with Gasteiger partial charge in [0, 0.05) is 18.1 Å². The van der Waals surface area contributed by atoms with E-state index < -0.39 is 15.7 Å². The number of thiophene rings is 1. The third-order valence-electron chi connectivity index (χ3n) is 5.56. The van der Waals surface area contributed by atoms with Crippen LogP contribution in [0.3, 0.4) is 0 Å². The molecule has 2 atom stereocenters. The van der Waals surface area contributed by atoms with Crippen molar-refractivity contribution in [3.8, 4) is 0 Å². The highest BCUT2D eigenvalue weighted by Gasteiger charge is 2.36. The molecular weight excluding hydrogens is 483 g/mol. The third-order valence-corrected chi connectivity index (χ3v) is 9.83. The third kappa shape index (κ3) is 5.38. The van der Waals surface area contributed by atoms with Crippen LogP contribution in [0.25, 0.3) is 0 Å². The Kier molecular flexibility index (Phi) is 7.27. The number of amides is 1. The Bertz CT molecular complexity index is 1190. The van der Waals surface area contributed by atoms with Gasteiger partial charge in [-0.1, -0.05) is 59.6 Å². The van der Waals surface area contributed by atoms with E-state index in [1.807, 2.05) is 36.4 Å². The summed E-state index contributed by atoms with van der Waals surface area (Å²) in [5.74, 6) is 3.83. The Morgan fingerprint density at radius 1 is 1.03 bits per heavy atom. The predicted octanol–water partition coefficient (Wildman–Crippen LogP) is 5.42. The molecule has 1 amide bonds. The van der Waals surface area contributed by atoms with Crippen LogP contribution in [0.4, 0.5) is 0 Å². The first-order valence-electron chi connectivity index (χ1n) is 10.3. The molecule has 0 bridgehead atoms. The van der Waals surface area contributed by atoms with Gasteiger partial charge in [0.2, 0.25) is 5.91 Å². The largest absolute Gasteiger partial charge is 0.351 e. The average Bonchev–Trinajstić information content (AvgIpc) is 3.45. The van der Waals surface area contributed by atoms with Gasteiger partial charge in [0.25, 0.3) is 0 Å². The van der Waals surface area contributed by atoms with Crippen LogP contribution in [0.15, 0.2) is 64.9 Å². The van der Waals surface area contributed by atoms with Gasteiger partial charge in [0.05, 0.1) is 18.3 Å². The second kappa shape index (κ2) is 9.98. The first-order chi connectivity index (χ1) is 15.3. The minimum absolute atomic E-state index is 0.119. The van der Waals surface area contributed by atoms with Crippen molar-refractivity contribution in [1.29, 1.82) is 0 Å². The molecular formula is C24H24Cl2N2O2S2. The molecule has 1 N–H and O–H groups in total. The van der Waals surface area contributed by atoms with E-state index in [9.17, 15) is 9.00 Å². The number of hydrogen-bond acceptors (Lipinski definition) is 3. The Labute approximate surface area is 203 Å². The van der Waals surface area contributed by atoms with Gasteiger partial charge in [0.15, 0.2) is 0 Å². The fourth-order valence-corrected chi connectivity index (χ4v) is 7.53. The second-order valence-corrected chi connectivity index (χ2v) is 12.4. The zero-order chi connectivity index (χ0) is 22.7. The van der Waals surface area contributed by atoms with Gasteiger partial charge in [-0.15, -0.1) is 11.3 Å². The molecule has 2 heterocycles. The van der Waals surface area contributed by atoms with Crippen LogP contribution in [-0.2, 0) is 27.5 Å². The van der Waals surface area contributed by atoms with Crippen LogP contribution in [0.2, 0.25) is 9.36 Å². The van der Waals surface area contributed by atoms with Gasteiger partial charge in [-0.2, -0.15) is 0 Å². The zero-order valence-corrected chi connectivity index (χ0v) is 20.6. The molecule has 2 aromatic carbocycles. The van der Waals surface area contributed by atoms with E-state index in [1.54, 1.807) is 16.4 Å². The van der Waals surface area contributed by atoms with Gasteiger partial charge in [-0.3, -0.25) is 4.79 Å². The van der Waals surface area contributed by atoms with Gasteiger partial charge < -0.3 is 5.32 Å². The lowest BCUT2D eigenvalue weighted by Crippen LogP contribution is -2.45. The zero-order valence-electron chi connectivity index (χ0n) is 17.4. The topological polar surface area (TPSA) is 49.4 Å². The SMILES string of the molecule is C=S(=O)(c1ccc(Cl)s1)N1CCCC1C(=O)NCc1ccc(Cc2ccc(Cl)cc2)cc1. The number of benzene rings is 2. The summed E-state index contributed by atoms with van der Waals surface area (Å²) >= 11 is 13.2. The maximum absolute atomic E-state index is 13.4. The Hall–Kier alpha value is -1.83. The highest BCUT2D eigenvalue weighted by atomic mass is 35.5. The van der Waals surface area contributed by atoms with Crippen molar-refractivity contribution in [3.63, 3.8) is 0 Å². The molecule has 2 unspecified atom stereocenters. The molecule has 0 aliphatic carbocycles. The van der Waals surface area contributed by atoms with E-state index in [0.29, 0.717) is 28.1 Å². The first kappa shape index (κ1) is 23.3. The molecule has 0 radical (unpaired) electrons. The summed E-state index contributed by atoms with van der Waals surface area (Å²) in [6.07, 6.45) is 2.30. The minimum atomic E-state index is -2.73. The Morgan fingerprint density at radius 2 is 1.66 bits per heavy atom. The summed E-state index contributed by atoms with van der Waals surface area (Å²) < 4.78 is 16.3. The molecule has 3 aromatic rings. The number of rotatable bonds is 7. The number of halogens is 2. The smallest absolute Gasteiger partial charge is 0.238 e. The van der Waals surface area contributed by atoms with E-state index >= 15 is 0 Å². The van der Waals surface area contributed by atoms with Crippen LogP contribution >= 0.6 is 34.5 Å². The number of hydrogen-bond donors (Lipinski definition) is 1. The van der Waals surface area contributed by atoms with E-state index in [2.05, 4.69) is 23.3 Å². The quantitative estimate of drug-likeness (QED) is 0.435. The van der Waals surface area contributed by atoms with Crippen molar-refractivity contribution >= 4 is 56.0 Å². The van der Waals surface area contributed by atoms with Gasteiger partial charge in [0.1, 0.15) is 6.04 Å². The van der Waals surface area contributed by atoms with E-state index in [-0.39, 0.29) is 5.91 Å². The van der Waals surface area contributed by atoms with Gasteiger partial charge in [-0.05, 0) is 66.1 Å². The van der Waals surface area contributed by atoms with Crippen molar-refractivity contribution in [2.24, 2.45) is 0 Å². The highest BCUT2D eigenvalue weighted by Crippen LogP contribution is 2.32. The fourth-order valence-electron chi connectivity index (χ4n) is 3.86. The first-order valence-corrected chi connectivity index (χ1v) is 13.6. The Morgan fingerprint density at radius 3 is 2.28 bits per heavy atom. The lowest BCUT2D eigenvalue weighted by Gasteiger charge is -2.26. The number of carbonyl (C=O) groups is 1. The van der Waals surface area contributed by atoms with Crippen molar-refractivity contribution in [2.45, 2.75) is 36.1 Å². The molecule has 1 saturated heterocycles. The Balaban J connectivity index is 1.36. The number of nitrogens with zero attached hydrogens (tertiary/aromatic N) is 1. The molecule has 0 saturated carbocycles. The summed E-state index contributed by atoms with van der Waals surface area (Å²) in [4.78, 5) is 12.9. The van der Waals surface area contributed by atoms with E-state index in [4.69, 9.17) is 23.2 Å².